The van der Waals surface area contributed by atoms with Crippen LogP contribution in [0.1, 0.15) is 33.6 Å². The van der Waals surface area contributed by atoms with Crippen molar-refractivity contribution in [2.24, 2.45) is 0 Å². The molecule has 0 aliphatic heterocycles. The van der Waals surface area contributed by atoms with E-state index in [0.29, 0.717) is 24.2 Å². The molecular weight excluding hydrogens is 242 g/mol. The Morgan fingerprint density at radius 3 is 2.74 bits per heavy atom. The predicted octanol–water partition coefficient (Wildman–Crippen LogP) is 2.05. The standard InChI is InChI=1S/C14H25N3O2/c1-4-10-19-14-12(15)6-7-13(16-14)17(11(2)3)8-5-9-18/h6-7,11,18H,4-5,8-10,15H2,1-3H3. The van der Waals surface area contributed by atoms with Crippen molar-refractivity contribution in [3.8, 4) is 5.88 Å². The van der Waals surface area contributed by atoms with Crippen molar-refractivity contribution < 1.29 is 9.84 Å². The number of pyridine rings is 1. The third-order valence-electron chi connectivity index (χ3n) is 2.79. The zero-order valence-electron chi connectivity index (χ0n) is 12.1. The van der Waals surface area contributed by atoms with E-state index in [-0.39, 0.29) is 6.61 Å². The summed E-state index contributed by atoms with van der Waals surface area (Å²) < 4.78 is 5.55. The van der Waals surface area contributed by atoms with Crippen LogP contribution >= 0.6 is 0 Å². The molecule has 1 rings (SSSR count). The molecule has 0 saturated heterocycles. The zero-order valence-corrected chi connectivity index (χ0v) is 12.1. The predicted molar refractivity (Wildman–Crippen MR) is 78.6 cm³/mol. The molecule has 0 amide bonds. The fourth-order valence-corrected chi connectivity index (χ4v) is 1.79. The summed E-state index contributed by atoms with van der Waals surface area (Å²) in [5.41, 5.74) is 6.42. The molecule has 0 saturated carbocycles. The Morgan fingerprint density at radius 1 is 1.42 bits per heavy atom. The van der Waals surface area contributed by atoms with Gasteiger partial charge in [0.1, 0.15) is 5.82 Å². The summed E-state index contributed by atoms with van der Waals surface area (Å²) >= 11 is 0. The van der Waals surface area contributed by atoms with Crippen molar-refractivity contribution in [2.45, 2.75) is 39.7 Å². The van der Waals surface area contributed by atoms with Crippen LogP contribution in [-0.4, -0.2) is 35.9 Å². The molecule has 3 N–H and O–H groups in total. The molecule has 19 heavy (non-hydrogen) atoms. The number of hydrogen-bond donors (Lipinski definition) is 2. The van der Waals surface area contributed by atoms with Crippen molar-refractivity contribution in [2.75, 3.05) is 30.4 Å². The Kier molecular flexibility index (Phi) is 6.42. The van der Waals surface area contributed by atoms with E-state index < -0.39 is 0 Å². The minimum Gasteiger partial charge on any atom is -0.476 e. The molecule has 1 aromatic heterocycles. The molecule has 0 atom stereocenters. The summed E-state index contributed by atoms with van der Waals surface area (Å²) in [6.45, 7) is 7.79. The molecule has 0 unspecified atom stereocenters. The van der Waals surface area contributed by atoms with Gasteiger partial charge in [-0.1, -0.05) is 6.92 Å². The van der Waals surface area contributed by atoms with Crippen molar-refractivity contribution in [3.63, 3.8) is 0 Å². The minimum absolute atomic E-state index is 0.178. The average Bonchev–Trinajstić information content (AvgIpc) is 2.39. The van der Waals surface area contributed by atoms with E-state index in [4.69, 9.17) is 15.6 Å². The summed E-state index contributed by atoms with van der Waals surface area (Å²) in [5.74, 6) is 1.33. The van der Waals surface area contributed by atoms with Gasteiger partial charge < -0.3 is 20.5 Å². The molecule has 0 spiro atoms. The van der Waals surface area contributed by atoms with Crippen LogP contribution in [0.4, 0.5) is 11.5 Å². The molecule has 1 heterocycles. The van der Waals surface area contributed by atoms with Crippen molar-refractivity contribution >= 4 is 11.5 Å². The van der Waals surface area contributed by atoms with Crippen molar-refractivity contribution in [1.82, 2.24) is 4.98 Å². The lowest BCUT2D eigenvalue weighted by atomic mass is 10.2. The first-order chi connectivity index (χ1) is 9.10. The normalized spacial score (nSPS) is 10.8. The molecule has 0 aromatic carbocycles. The highest BCUT2D eigenvalue weighted by Crippen LogP contribution is 2.24. The van der Waals surface area contributed by atoms with E-state index in [0.717, 1.165) is 25.2 Å². The second kappa shape index (κ2) is 7.84. The highest BCUT2D eigenvalue weighted by Gasteiger charge is 2.13. The van der Waals surface area contributed by atoms with E-state index in [1.54, 1.807) is 0 Å². The summed E-state index contributed by atoms with van der Waals surface area (Å²) in [5, 5.41) is 8.97. The number of nitrogen functional groups attached to an aromatic ring is 1. The lowest BCUT2D eigenvalue weighted by molar-refractivity contribution is 0.288. The lowest BCUT2D eigenvalue weighted by Gasteiger charge is -2.28. The van der Waals surface area contributed by atoms with Gasteiger partial charge in [-0.05, 0) is 38.8 Å². The van der Waals surface area contributed by atoms with Gasteiger partial charge in [-0.25, -0.2) is 0 Å². The molecule has 1 aromatic rings. The topological polar surface area (TPSA) is 71.6 Å². The number of nitrogens with two attached hydrogens (primary N) is 1. The van der Waals surface area contributed by atoms with E-state index in [2.05, 4.69) is 23.7 Å². The fourth-order valence-electron chi connectivity index (χ4n) is 1.79. The number of nitrogens with zero attached hydrogens (tertiary/aromatic N) is 2. The Morgan fingerprint density at radius 2 is 2.16 bits per heavy atom. The van der Waals surface area contributed by atoms with E-state index in [1.807, 2.05) is 19.1 Å². The molecular formula is C14H25N3O2. The van der Waals surface area contributed by atoms with Gasteiger partial charge in [0.2, 0.25) is 5.88 Å². The smallest absolute Gasteiger partial charge is 0.239 e. The summed E-state index contributed by atoms with van der Waals surface area (Å²) in [4.78, 5) is 6.61. The van der Waals surface area contributed by atoms with Gasteiger partial charge in [0, 0.05) is 19.2 Å². The second-order valence-electron chi connectivity index (χ2n) is 4.78. The monoisotopic (exact) mass is 267 g/mol. The molecule has 5 heteroatoms. The summed E-state index contributed by atoms with van der Waals surface area (Å²) in [6.07, 6.45) is 1.64. The first-order valence-electron chi connectivity index (χ1n) is 6.87. The first kappa shape index (κ1) is 15.6. The lowest BCUT2D eigenvalue weighted by Crippen LogP contribution is -2.33. The summed E-state index contributed by atoms with van der Waals surface area (Å²) in [7, 11) is 0. The maximum atomic E-state index is 8.97. The maximum Gasteiger partial charge on any atom is 0.239 e. The SMILES string of the molecule is CCCOc1nc(N(CCCO)C(C)C)ccc1N. The zero-order chi connectivity index (χ0) is 14.3. The molecule has 0 bridgehead atoms. The van der Waals surface area contributed by atoms with Gasteiger partial charge in [0.25, 0.3) is 0 Å². The molecule has 108 valence electrons. The van der Waals surface area contributed by atoms with Crippen LogP contribution in [-0.2, 0) is 0 Å². The Balaban J connectivity index is 2.90. The molecule has 0 radical (unpaired) electrons. The van der Waals surface area contributed by atoms with Crippen molar-refractivity contribution in [3.05, 3.63) is 12.1 Å². The number of anilines is 2. The highest BCUT2D eigenvalue weighted by atomic mass is 16.5. The maximum absolute atomic E-state index is 8.97. The molecule has 5 nitrogen and oxygen atoms in total. The third-order valence-corrected chi connectivity index (χ3v) is 2.79. The molecule has 0 fully saturated rings. The van der Waals surface area contributed by atoms with Gasteiger partial charge >= 0.3 is 0 Å². The van der Waals surface area contributed by atoms with Crippen LogP contribution in [0, 0.1) is 0 Å². The number of aliphatic hydroxyl groups excluding tert-OH is 1. The fraction of sp³-hybridized carbons (Fsp3) is 0.643. The van der Waals surface area contributed by atoms with Crippen LogP contribution in [0.15, 0.2) is 12.1 Å². The molecule has 0 aliphatic carbocycles. The van der Waals surface area contributed by atoms with Crippen LogP contribution < -0.4 is 15.4 Å². The number of ether oxygens (including phenoxy) is 1. The minimum atomic E-state index is 0.178. The van der Waals surface area contributed by atoms with Crippen LogP contribution in [0.2, 0.25) is 0 Å². The van der Waals surface area contributed by atoms with E-state index in [9.17, 15) is 0 Å². The largest absolute Gasteiger partial charge is 0.476 e. The van der Waals surface area contributed by atoms with Gasteiger partial charge in [-0.3, -0.25) is 0 Å². The Hall–Kier alpha value is -1.49. The highest BCUT2D eigenvalue weighted by molar-refractivity contribution is 5.54. The van der Waals surface area contributed by atoms with Crippen LogP contribution in [0.5, 0.6) is 5.88 Å². The van der Waals surface area contributed by atoms with Crippen LogP contribution in [0.25, 0.3) is 0 Å². The van der Waals surface area contributed by atoms with E-state index >= 15 is 0 Å². The number of rotatable bonds is 8. The molecule has 0 aliphatic rings. The Bertz CT molecular complexity index is 383. The Labute approximate surface area is 115 Å². The van der Waals surface area contributed by atoms with Crippen molar-refractivity contribution in [1.29, 1.82) is 0 Å². The van der Waals surface area contributed by atoms with Gasteiger partial charge in [-0.15, -0.1) is 0 Å². The van der Waals surface area contributed by atoms with Gasteiger partial charge in [0.05, 0.1) is 12.3 Å². The van der Waals surface area contributed by atoms with Gasteiger partial charge in [-0.2, -0.15) is 4.98 Å². The van der Waals surface area contributed by atoms with Gasteiger partial charge in [0.15, 0.2) is 0 Å². The average molecular weight is 267 g/mol. The first-order valence-corrected chi connectivity index (χ1v) is 6.87. The van der Waals surface area contributed by atoms with Crippen LogP contribution in [0.3, 0.4) is 0 Å². The number of hydrogen-bond acceptors (Lipinski definition) is 5. The quantitative estimate of drug-likeness (QED) is 0.754. The summed E-state index contributed by atoms with van der Waals surface area (Å²) in [6, 6.07) is 4.02. The number of aliphatic hydroxyl groups is 1. The third kappa shape index (κ3) is 4.59. The van der Waals surface area contributed by atoms with E-state index in [1.165, 1.54) is 0 Å². The second-order valence-corrected chi connectivity index (χ2v) is 4.78. The number of aromatic nitrogens is 1.